The molecule has 1 unspecified atom stereocenters. The zero-order chi connectivity index (χ0) is 10.8. The average Bonchev–Trinajstić information content (AvgIpc) is 2.61. The number of rotatable bonds is 3. The molecule has 15 heavy (non-hydrogen) atoms. The fourth-order valence-electron chi connectivity index (χ4n) is 1.79. The number of aliphatic hydroxyl groups excluding tert-OH is 1. The SMILES string of the molecule is CC(O)CNc1nc(Cl)nc2c1CCC2. The summed E-state index contributed by atoms with van der Waals surface area (Å²) in [4.78, 5) is 8.34. The van der Waals surface area contributed by atoms with Crippen LogP contribution in [0.2, 0.25) is 5.28 Å². The largest absolute Gasteiger partial charge is 0.392 e. The molecule has 1 aliphatic rings. The topological polar surface area (TPSA) is 58.0 Å². The molecule has 0 saturated carbocycles. The molecule has 0 saturated heterocycles. The molecule has 5 heteroatoms. The van der Waals surface area contributed by atoms with Gasteiger partial charge in [0.2, 0.25) is 5.28 Å². The summed E-state index contributed by atoms with van der Waals surface area (Å²) < 4.78 is 0. The summed E-state index contributed by atoms with van der Waals surface area (Å²) in [6, 6.07) is 0. The second-order valence-electron chi connectivity index (χ2n) is 3.85. The number of anilines is 1. The van der Waals surface area contributed by atoms with E-state index in [1.165, 1.54) is 0 Å². The summed E-state index contributed by atoms with van der Waals surface area (Å²) >= 11 is 5.82. The van der Waals surface area contributed by atoms with Crippen LogP contribution in [-0.2, 0) is 12.8 Å². The highest BCUT2D eigenvalue weighted by atomic mass is 35.5. The van der Waals surface area contributed by atoms with Crippen molar-refractivity contribution in [3.8, 4) is 0 Å². The van der Waals surface area contributed by atoms with Crippen molar-refractivity contribution in [1.82, 2.24) is 9.97 Å². The standard InChI is InChI=1S/C10H14ClN3O/c1-6(15)5-12-9-7-3-2-4-8(7)13-10(11)14-9/h6,15H,2-5H2,1H3,(H,12,13,14). The number of nitrogens with zero attached hydrogens (tertiary/aromatic N) is 2. The van der Waals surface area contributed by atoms with Crippen molar-refractivity contribution in [2.45, 2.75) is 32.3 Å². The van der Waals surface area contributed by atoms with Gasteiger partial charge in [0.25, 0.3) is 0 Å². The minimum atomic E-state index is -0.393. The molecule has 0 spiro atoms. The lowest BCUT2D eigenvalue weighted by Gasteiger charge is -2.11. The van der Waals surface area contributed by atoms with Crippen LogP contribution in [0.25, 0.3) is 0 Å². The molecule has 0 amide bonds. The maximum absolute atomic E-state index is 9.19. The lowest BCUT2D eigenvalue weighted by Crippen LogP contribution is -2.17. The van der Waals surface area contributed by atoms with Gasteiger partial charge < -0.3 is 10.4 Å². The lowest BCUT2D eigenvalue weighted by atomic mass is 10.2. The molecule has 2 rings (SSSR count). The number of fused-ring (bicyclic) bond motifs is 1. The zero-order valence-electron chi connectivity index (χ0n) is 8.63. The third-order valence-electron chi connectivity index (χ3n) is 2.47. The quantitative estimate of drug-likeness (QED) is 0.767. The molecule has 1 aromatic rings. The van der Waals surface area contributed by atoms with E-state index in [9.17, 15) is 5.11 Å². The smallest absolute Gasteiger partial charge is 0.224 e. The molecule has 82 valence electrons. The van der Waals surface area contributed by atoms with Crippen molar-refractivity contribution in [3.63, 3.8) is 0 Å². The summed E-state index contributed by atoms with van der Waals surface area (Å²) in [5, 5.41) is 12.6. The van der Waals surface area contributed by atoms with Crippen LogP contribution in [0, 0.1) is 0 Å². The van der Waals surface area contributed by atoms with E-state index in [0.29, 0.717) is 6.54 Å². The van der Waals surface area contributed by atoms with Crippen LogP contribution in [0.4, 0.5) is 5.82 Å². The monoisotopic (exact) mass is 227 g/mol. The lowest BCUT2D eigenvalue weighted by molar-refractivity contribution is 0.208. The van der Waals surface area contributed by atoms with E-state index < -0.39 is 6.10 Å². The summed E-state index contributed by atoms with van der Waals surface area (Å²) in [7, 11) is 0. The third-order valence-corrected chi connectivity index (χ3v) is 2.64. The minimum absolute atomic E-state index is 0.281. The Morgan fingerprint density at radius 1 is 1.47 bits per heavy atom. The summed E-state index contributed by atoms with van der Waals surface area (Å²) in [6.07, 6.45) is 2.68. The molecular weight excluding hydrogens is 214 g/mol. The van der Waals surface area contributed by atoms with E-state index in [1.807, 2.05) is 0 Å². The van der Waals surface area contributed by atoms with E-state index >= 15 is 0 Å². The molecule has 0 fully saturated rings. The van der Waals surface area contributed by atoms with Gasteiger partial charge in [-0.05, 0) is 37.8 Å². The first-order chi connectivity index (χ1) is 7.16. The summed E-state index contributed by atoms with van der Waals surface area (Å²) in [6.45, 7) is 2.22. The molecular formula is C10H14ClN3O. The first kappa shape index (κ1) is 10.6. The second kappa shape index (κ2) is 4.33. The number of aryl methyl sites for hydroxylation is 1. The molecule has 0 bridgehead atoms. The Bertz CT molecular complexity index is 368. The Morgan fingerprint density at radius 2 is 2.27 bits per heavy atom. The molecule has 4 nitrogen and oxygen atoms in total. The van der Waals surface area contributed by atoms with Gasteiger partial charge in [-0.1, -0.05) is 0 Å². The van der Waals surface area contributed by atoms with Crippen molar-refractivity contribution in [2.75, 3.05) is 11.9 Å². The van der Waals surface area contributed by atoms with Crippen molar-refractivity contribution in [2.24, 2.45) is 0 Å². The van der Waals surface area contributed by atoms with E-state index in [0.717, 1.165) is 36.3 Å². The number of aromatic nitrogens is 2. The van der Waals surface area contributed by atoms with Crippen LogP contribution < -0.4 is 5.32 Å². The van der Waals surface area contributed by atoms with Crippen LogP contribution >= 0.6 is 11.6 Å². The first-order valence-electron chi connectivity index (χ1n) is 5.14. The molecule has 1 atom stereocenters. The van der Waals surface area contributed by atoms with Crippen LogP contribution in [0.15, 0.2) is 0 Å². The highest BCUT2D eigenvalue weighted by molar-refractivity contribution is 6.28. The van der Waals surface area contributed by atoms with Crippen molar-refractivity contribution in [1.29, 1.82) is 0 Å². The molecule has 2 N–H and O–H groups in total. The Kier molecular flexibility index (Phi) is 3.07. The molecule has 0 radical (unpaired) electrons. The minimum Gasteiger partial charge on any atom is -0.392 e. The maximum Gasteiger partial charge on any atom is 0.224 e. The van der Waals surface area contributed by atoms with Gasteiger partial charge in [0.05, 0.1) is 11.8 Å². The highest BCUT2D eigenvalue weighted by Gasteiger charge is 2.18. The average molecular weight is 228 g/mol. The van der Waals surface area contributed by atoms with E-state index in [-0.39, 0.29) is 5.28 Å². The van der Waals surface area contributed by atoms with Crippen LogP contribution in [-0.4, -0.2) is 27.7 Å². The van der Waals surface area contributed by atoms with Gasteiger partial charge in [-0.2, -0.15) is 0 Å². The first-order valence-corrected chi connectivity index (χ1v) is 5.52. The second-order valence-corrected chi connectivity index (χ2v) is 4.19. The summed E-state index contributed by atoms with van der Waals surface area (Å²) in [5.41, 5.74) is 2.20. The highest BCUT2D eigenvalue weighted by Crippen LogP contribution is 2.27. The van der Waals surface area contributed by atoms with Gasteiger partial charge >= 0.3 is 0 Å². The van der Waals surface area contributed by atoms with Gasteiger partial charge in [0.1, 0.15) is 5.82 Å². The van der Waals surface area contributed by atoms with E-state index in [4.69, 9.17) is 11.6 Å². The van der Waals surface area contributed by atoms with Crippen molar-refractivity contribution >= 4 is 17.4 Å². The van der Waals surface area contributed by atoms with Gasteiger partial charge in [-0.15, -0.1) is 0 Å². The Labute approximate surface area is 93.7 Å². The molecule has 1 aliphatic carbocycles. The fraction of sp³-hybridized carbons (Fsp3) is 0.600. The molecule has 1 heterocycles. The van der Waals surface area contributed by atoms with Crippen molar-refractivity contribution in [3.05, 3.63) is 16.5 Å². The fourth-order valence-corrected chi connectivity index (χ4v) is 1.98. The van der Waals surface area contributed by atoms with Gasteiger partial charge in [-0.3, -0.25) is 0 Å². The van der Waals surface area contributed by atoms with Gasteiger partial charge in [0.15, 0.2) is 0 Å². The number of hydrogen-bond acceptors (Lipinski definition) is 4. The number of nitrogens with one attached hydrogen (secondary N) is 1. The van der Waals surface area contributed by atoms with Crippen LogP contribution in [0.3, 0.4) is 0 Å². The predicted octanol–water partition coefficient (Wildman–Crippen LogP) is 1.41. The maximum atomic E-state index is 9.19. The Hall–Kier alpha value is -0.870. The molecule has 1 aromatic heterocycles. The number of halogens is 1. The van der Waals surface area contributed by atoms with Crippen LogP contribution in [0.1, 0.15) is 24.6 Å². The van der Waals surface area contributed by atoms with Crippen LogP contribution in [0.5, 0.6) is 0 Å². The normalized spacial score (nSPS) is 16.2. The number of hydrogen-bond donors (Lipinski definition) is 2. The van der Waals surface area contributed by atoms with E-state index in [2.05, 4.69) is 15.3 Å². The predicted molar refractivity (Wildman–Crippen MR) is 59.2 cm³/mol. The van der Waals surface area contributed by atoms with Gasteiger partial charge in [0, 0.05) is 12.1 Å². The molecule has 0 aliphatic heterocycles. The van der Waals surface area contributed by atoms with E-state index in [1.54, 1.807) is 6.92 Å². The zero-order valence-corrected chi connectivity index (χ0v) is 9.38. The van der Waals surface area contributed by atoms with Gasteiger partial charge in [-0.25, -0.2) is 9.97 Å². The van der Waals surface area contributed by atoms with Crippen molar-refractivity contribution < 1.29 is 5.11 Å². The third kappa shape index (κ3) is 2.38. The Balaban J connectivity index is 2.22. The number of aliphatic hydroxyl groups is 1. The summed E-state index contributed by atoms with van der Waals surface area (Å²) in [5.74, 6) is 0.781. The molecule has 0 aromatic carbocycles. The Morgan fingerprint density at radius 3 is 3.00 bits per heavy atom.